The Morgan fingerprint density at radius 1 is 1.24 bits per heavy atom. The molecular formula is C13H25N3O. The summed E-state index contributed by atoms with van der Waals surface area (Å²) in [6.45, 7) is 6.58. The van der Waals surface area contributed by atoms with E-state index in [9.17, 15) is 4.79 Å². The minimum absolute atomic E-state index is 0.234. The number of nitrogens with two attached hydrogens (primary N) is 1. The van der Waals surface area contributed by atoms with Crippen molar-refractivity contribution in [2.45, 2.75) is 38.6 Å². The average Bonchev–Trinajstić information content (AvgIpc) is 2.35. The molecule has 2 heterocycles. The highest BCUT2D eigenvalue weighted by atomic mass is 16.2. The lowest BCUT2D eigenvalue weighted by atomic mass is 9.94. The van der Waals surface area contributed by atoms with E-state index in [-0.39, 0.29) is 6.04 Å². The predicted octanol–water partition coefficient (Wildman–Crippen LogP) is 0.668. The zero-order valence-electron chi connectivity index (χ0n) is 10.9. The Balaban J connectivity index is 1.78. The summed E-state index contributed by atoms with van der Waals surface area (Å²) in [5.41, 5.74) is 6.06. The van der Waals surface area contributed by atoms with Gasteiger partial charge in [-0.1, -0.05) is 6.92 Å². The van der Waals surface area contributed by atoms with Crippen LogP contribution in [0.15, 0.2) is 0 Å². The normalized spacial score (nSPS) is 31.5. The molecule has 0 saturated carbocycles. The number of nitrogens with zero attached hydrogens (tertiary/aromatic N) is 2. The molecule has 0 aromatic rings. The number of hydrogen-bond donors (Lipinski definition) is 1. The highest BCUT2D eigenvalue weighted by molar-refractivity contribution is 5.78. The zero-order valence-corrected chi connectivity index (χ0v) is 10.9. The van der Waals surface area contributed by atoms with Crippen molar-refractivity contribution in [3.8, 4) is 0 Å². The monoisotopic (exact) mass is 239 g/mol. The molecule has 17 heavy (non-hydrogen) atoms. The Hall–Kier alpha value is -0.610. The van der Waals surface area contributed by atoms with E-state index in [0.29, 0.717) is 18.4 Å². The smallest absolute Gasteiger partial charge is 0.236 e. The summed E-state index contributed by atoms with van der Waals surface area (Å²) in [4.78, 5) is 16.3. The van der Waals surface area contributed by atoms with Gasteiger partial charge >= 0.3 is 0 Å². The van der Waals surface area contributed by atoms with Crippen LogP contribution < -0.4 is 5.73 Å². The molecule has 2 unspecified atom stereocenters. The molecule has 1 amide bonds. The topological polar surface area (TPSA) is 49.6 Å². The maximum Gasteiger partial charge on any atom is 0.236 e. The molecular weight excluding hydrogens is 214 g/mol. The third kappa shape index (κ3) is 3.42. The van der Waals surface area contributed by atoms with E-state index >= 15 is 0 Å². The largest absolute Gasteiger partial charge is 0.342 e. The SMILES string of the molecule is CC1CCN(CC(=O)N2CCCCC2)CC1N. The zero-order chi connectivity index (χ0) is 12.3. The molecule has 0 aliphatic carbocycles. The number of carbonyl (C=O) groups is 1. The van der Waals surface area contributed by atoms with E-state index in [1.807, 2.05) is 4.90 Å². The van der Waals surface area contributed by atoms with Gasteiger partial charge in [0.25, 0.3) is 0 Å². The quantitative estimate of drug-likeness (QED) is 0.770. The van der Waals surface area contributed by atoms with Crippen molar-refractivity contribution in [2.24, 2.45) is 11.7 Å². The summed E-state index contributed by atoms with van der Waals surface area (Å²) in [5, 5.41) is 0. The van der Waals surface area contributed by atoms with Crippen molar-refractivity contribution in [2.75, 3.05) is 32.7 Å². The molecule has 0 aromatic carbocycles. The van der Waals surface area contributed by atoms with Gasteiger partial charge in [-0.2, -0.15) is 0 Å². The molecule has 98 valence electrons. The second-order valence-electron chi connectivity index (χ2n) is 5.61. The molecule has 2 fully saturated rings. The first-order chi connectivity index (χ1) is 8.16. The number of piperidine rings is 2. The highest BCUT2D eigenvalue weighted by Crippen LogP contribution is 2.16. The van der Waals surface area contributed by atoms with Gasteiger partial charge in [0, 0.05) is 25.7 Å². The van der Waals surface area contributed by atoms with Crippen LogP contribution in [0.5, 0.6) is 0 Å². The molecule has 2 aliphatic rings. The maximum atomic E-state index is 12.1. The summed E-state index contributed by atoms with van der Waals surface area (Å²) in [5.74, 6) is 0.891. The Morgan fingerprint density at radius 2 is 1.94 bits per heavy atom. The molecule has 4 nitrogen and oxygen atoms in total. The molecule has 0 radical (unpaired) electrons. The van der Waals surface area contributed by atoms with Crippen molar-refractivity contribution in [1.29, 1.82) is 0 Å². The van der Waals surface area contributed by atoms with Crippen molar-refractivity contribution in [1.82, 2.24) is 9.80 Å². The molecule has 0 aromatic heterocycles. The van der Waals surface area contributed by atoms with Crippen LogP contribution >= 0.6 is 0 Å². The van der Waals surface area contributed by atoms with Gasteiger partial charge in [-0.15, -0.1) is 0 Å². The Kier molecular flexibility index (Phi) is 4.40. The predicted molar refractivity (Wildman–Crippen MR) is 68.6 cm³/mol. The minimum atomic E-state index is 0.234. The summed E-state index contributed by atoms with van der Waals surface area (Å²) < 4.78 is 0. The first-order valence-corrected chi connectivity index (χ1v) is 6.92. The molecule has 2 atom stereocenters. The van der Waals surface area contributed by atoms with Crippen molar-refractivity contribution in [3.63, 3.8) is 0 Å². The number of carbonyl (C=O) groups excluding carboxylic acids is 1. The van der Waals surface area contributed by atoms with Crippen molar-refractivity contribution in [3.05, 3.63) is 0 Å². The first-order valence-electron chi connectivity index (χ1n) is 6.92. The van der Waals surface area contributed by atoms with Gasteiger partial charge in [-0.3, -0.25) is 9.69 Å². The first kappa shape index (κ1) is 12.8. The lowest BCUT2D eigenvalue weighted by molar-refractivity contribution is -0.133. The fourth-order valence-electron chi connectivity index (χ4n) is 2.75. The number of amides is 1. The van der Waals surface area contributed by atoms with Crippen molar-refractivity contribution >= 4 is 5.91 Å². The third-order valence-electron chi connectivity index (χ3n) is 4.17. The molecule has 2 aliphatic heterocycles. The molecule has 2 rings (SSSR count). The van der Waals surface area contributed by atoms with E-state index in [1.54, 1.807) is 0 Å². The van der Waals surface area contributed by atoms with E-state index < -0.39 is 0 Å². The Labute approximate surface area is 104 Å². The van der Waals surface area contributed by atoms with E-state index in [2.05, 4.69) is 11.8 Å². The van der Waals surface area contributed by atoms with Crippen LogP contribution in [-0.4, -0.2) is 54.5 Å². The lowest BCUT2D eigenvalue weighted by Crippen LogP contribution is -2.51. The fourth-order valence-corrected chi connectivity index (χ4v) is 2.75. The maximum absolute atomic E-state index is 12.1. The van der Waals surface area contributed by atoms with Gasteiger partial charge in [-0.05, 0) is 38.1 Å². The summed E-state index contributed by atoms with van der Waals surface area (Å²) in [6, 6.07) is 0.234. The number of hydrogen-bond acceptors (Lipinski definition) is 3. The van der Waals surface area contributed by atoms with Crippen LogP contribution in [0.2, 0.25) is 0 Å². The average molecular weight is 239 g/mol. The molecule has 2 saturated heterocycles. The van der Waals surface area contributed by atoms with Gasteiger partial charge in [0.2, 0.25) is 5.91 Å². The highest BCUT2D eigenvalue weighted by Gasteiger charge is 2.26. The van der Waals surface area contributed by atoms with E-state index in [4.69, 9.17) is 5.73 Å². The molecule has 2 N–H and O–H groups in total. The van der Waals surface area contributed by atoms with Gasteiger partial charge in [0.1, 0.15) is 0 Å². The summed E-state index contributed by atoms with van der Waals surface area (Å²) in [7, 11) is 0. The van der Waals surface area contributed by atoms with Crippen molar-refractivity contribution < 1.29 is 4.79 Å². The standard InChI is InChI=1S/C13H25N3O/c1-11-5-8-15(9-12(11)14)10-13(17)16-6-3-2-4-7-16/h11-12H,2-10,14H2,1H3. The van der Waals surface area contributed by atoms with Crippen LogP contribution in [0.25, 0.3) is 0 Å². The number of likely N-dealkylation sites (tertiary alicyclic amines) is 2. The molecule has 4 heteroatoms. The van der Waals surface area contributed by atoms with Crippen LogP contribution in [0.4, 0.5) is 0 Å². The molecule has 0 bridgehead atoms. The van der Waals surface area contributed by atoms with Crippen LogP contribution in [0.3, 0.4) is 0 Å². The lowest BCUT2D eigenvalue weighted by Gasteiger charge is -2.36. The van der Waals surface area contributed by atoms with E-state index in [1.165, 1.54) is 19.3 Å². The minimum Gasteiger partial charge on any atom is -0.342 e. The summed E-state index contributed by atoms with van der Waals surface area (Å²) >= 11 is 0. The van der Waals surface area contributed by atoms with Gasteiger partial charge in [0.15, 0.2) is 0 Å². The molecule has 0 spiro atoms. The second kappa shape index (κ2) is 5.83. The van der Waals surface area contributed by atoms with E-state index in [0.717, 1.165) is 32.6 Å². The second-order valence-corrected chi connectivity index (χ2v) is 5.61. The Bertz CT molecular complexity index is 263. The number of rotatable bonds is 2. The van der Waals surface area contributed by atoms with Gasteiger partial charge in [-0.25, -0.2) is 0 Å². The third-order valence-corrected chi connectivity index (χ3v) is 4.17. The van der Waals surface area contributed by atoms with Crippen LogP contribution in [-0.2, 0) is 4.79 Å². The fraction of sp³-hybridized carbons (Fsp3) is 0.923. The van der Waals surface area contributed by atoms with Crippen LogP contribution in [0, 0.1) is 5.92 Å². The van der Waals surface area contributed by atoms with Gasteiger partial charge in [0.05, 0.1) is 6.54 Å². The Morgan fingerprint density at radius 3 is 2.59 bits per heavy atom. The van der Waals surface area contributed by atoms with Gasteiger partial charge < -0.3 is 10.6 Å². The van der Waals surface area contributed by atoms with Crippen LogP contribution in [0.1, 0.15) is 32.6 Å². The summed E-state index contributed by atoms with van der Waals surface area (Å²) in [6.07, 6.45) is 4.73.